The molecular formula is C15H28N4. The first-order valence-electron chi connectivity index (χ1n) is 7.64. The highest BCUT2D eigenvalue weighted by molar-refractivity contribution is 5.02. The van der Waals surface area contributed by atoms with Crippen molar-refractivity contribution in [3.63, 3.8) is 0 Å². The first kappa shape index (κ1) is 14.5. The summed E-state index contributed by atoms with van der Waals surface area (Å²) in [6.07, 6.45) is 9.37. The SMILES string of the molecule is CCCN(CCc1ccnn1C)C1(CN)CCCC1. The summed E-state index contributed by atoms with van der Waals surface area (Å²) < 4.78 is 1.98. The molecule has 0 saturated heterocycles. The molecule has 0 radical (unpaired) electrons. The molecule has 1 aromatic heterocycles. The van der Waals surface area contributed by atoms with E-state index in [-0.39, 0.29) is 5.54 Å². The van der Waals surface area contributed by atoms with Crippen LogP contribution in [0.5, 0.6) is 0 Å². The van der Waals surface area contributed by atoms with E-state index in [4.69, 9.17) is 5.73 Å². The van der Waals surface area contributed by atoms with Gasteiger partial charge in [-0.3, -0.25) is 9.58 Å². The van der Waals surface area contributed by atoms with Crippen LogP contribution >= 0.6 is 0 Å². The predicted octanol–water partition coefficient (Wildman–Crippen LogP) is 1.95. The molecule has 2 rings (SSSR count). The molecule has 0 spiro atoms. The molecule has 0 aromatic carbocycles. The fraction of sp³-hybridized carbons (Fsp3) is 0.800. The van der Waals surface area contributed by atoms with Crippen LogP contribution in [0.25, 0.3) is 0 Å². The van der Waals surface area contributed by atoms with Gasteiger partial charge in [0.1, 0.15) is 0 Å². The highest BCUT2D eigenvalue weighted by atomic mass is 15.3. The topological polar surface area (TPSA) is 47.1 Å². The maximum atomic E-state index is 6.12. The van der Waals surface area contributed by atoms with Crippen molar-refractivity contribution in [3.8, 4) is 0 Å². The number of hydrogen-bond acceptors (Lipinski definition) is 3. The van der Waals surface area contributed by atoms with E-state index in [0.29, 0.717) is 0 Å². The van der Waals surface area contributed by atoms with Gasteiger partial charge in [-0.25, -0.2) is 0 Å². The molecule has 1 aliphatic rings. The van der Waals surface area contributed by atoms with Crippen LogP contribution in [-0.4, -0.2) is 39.9 Å². The van der Waals surface area contributed by atoms with Gasteiger partial charge in [-0.2, -0.15) is 5.10 Å². The van der Waals surface area contributed by atoms with Gasteiger partial charge in [-0.15, -0.1) is 0 Å². The summed E-state index contributed by atoms with van der Waals surface area (Å²) in [5.74, 6) is 0. The Kier molecular flexibility index (Phi) is 4.99. The van der Waals surface area contributed by atoms with Gasteiger partial charge in [-0.1, -0.05) is 19.8 Å². The van der Waals surface area contributed by atoms with Crippen molar-refractivity contribution in [1.29, 1.82) is 0 Å². The lowest BCUT2D eigenvalue weighted by atomic mass is 9.94. The fourth-order valence-electron chi connectivity index (χ4n) is 3.43. The summed E-state index contributed by atoms with van der Waals surface area (Å²) in [6, 6.07) is 2.12. The maximum Gasteiger partial charge on any atom is 0.0492 e. The van der Waals surface area contributed by atoms with E-state index in [9.17, 15) is 0 Å². The van der Waals surface area contributed by atoms with Gasteiger partial charge in [0, 0.05) is 44.0 Å². The smallest absolute Gasteiger partial charge is 0.0492 e. The molecule has 0 amide bonds. The van der Waals surface area contributed by atoms with E-state index >= 15 is 0 Å². The fourth-order valence-corrected chi connectivity index (χ4v) is 3.43. The Labute approximate surface area is 117 Å². The highest BCUT2D eigenvalue weighted by Crippen LogP contribution is 2.34. The Balaban J connectivity index is 2.01. The highest BCUT2D eigenvalue weighted by Gasteiger charge is 2.37. The largest absolute Gasteiger partial charge is 0.329 e. The standard InChI is InChI=1S/C15H28N4/c1-3-11-19(15(13-16)8-4-5-9-15)12-7-14-6-10-17-18(14)2/h6,10H,3-5,7-9,11-13,16H2,1-2H3. The molecule has 2 N–H and O–H groups in total. The average molecular weight is 264 g/mol. The number of aromatic nitrogens is 2. The van der Waals surface area contributed by atoms with Crippen molar-refractivity contribution in [2.24, 2.45) is 12.8 Å². The predicted molar refractivity (Wildman–Crippen MR) is 79.0 cm³/mol. The zero-order chi connectivity index (χ0) is 13.7. The van der Waals surface area contributed by atoms with Crippen molar-refractivity contribution >= 4 is 0 Å². The van der Waals surface area contributed by atoms with Gasteiger partial charge in [0.2, 0.25) is 0 Å². The molecule has 1 fully saturated rings. The third-order valence-corrected chi connectivity index (χ3v) is 4.64. The zero-order valence-corrected chi connectivity index (χ0v) is 12.4. The summed E-state index contributed by atoms with van der Waals surface area (Å²) >= 11 is 0. The molecule has 0 aliphatic heterocycles. The molecule has 4 heteroatoms. The van der Waals surface area contributed by atoms with E-state index < -0.39 is 0 Å². The molecule has 1 saturated carbocycles. The molecule has 0 unspecified atom stereocenters. The van der Waals surface area contributed by atoms with Crippen LogP contribution in [0.3, 0.4) is 0 Å². The van der Waals surface area contributed by atoms with Gasteiger partial charge in [0.15, 0.2) is 0 Å². The monoisotopic (exact) mass is 264 g/mol. The number of nitrogens with zero attached hydrogens (tertiary/aromatic N) is 3. The Morgan fingerprint density at radius 1 is 1.37 bits per heavy atom. The van der Waals surface area contributed by atoms with E-state index in [0.717, 1.165) is 26.1 Å². The van der Waals surface area contributed by atoms with Crippen LogP contribution in [0.1, 0.15) is 44.7 Å². The Morgan fingerprint density at radius 3 is 2.63 bits per heavy atom. The second-order valence-electron chi connectivity index (χ2n) is 5.82. The van der Waals surface area contributed by atoms with Crippen molar-refractivity contribution in [3.05, 3.63) is 18.0 Å². The van der Waals surface area contributed by atoms with E-state index in [1.165, 1.54) is 37.8 Å². The quantitative estimate of drug-likeness (QED) is 0.819. The van der Waals surface area contributed by atoms with Crippen LogP contribution < -0.4 is 5.73 Å². The molecule has 19 heavy (non-hydrogen) atoms. The van der Waals surface area contributed by atoms with Crippen LogP contribution in [0.4, 0.5) is 0 Å². The molecule has 1 aromatic rings. The second-order valence-corrected chi connectivity index (χ2v) is 5.82. The normalized spacial score (nSPS) is 18.3. The maximum absolute atomic E-state index is 6.12. The van der Waals surface area contributed by atoms with Gasteiger partial charge in [0.05, 0.1) is 0 Å². The minimum atomic E-state index is 0.272. The Morgan fingerprint density at radius 2 is 2.11 bits per heavy atom. The molecule has 0 atom stereocenters. The van der Waals surface area contributed by atoms with Gasteiger partial charge < -0.3 is 5.73 Å². The molecular weight excluding hydrogens is 236 g/mol. The van der Waals surface area contributed by atoms with Crippen LogP contribution in [0.15, 0.2) is 12.3 Å². The summed E-state index contributed by atoms with van der Waals surface area (Å²) in [4.78, 5) is 2.65. The van der Waals surface area contributed by atoms with Crippen molar-refractivity contribution in [2.45, 2.75) is 51.0 Å². The van der Waals surface area contributed by atoms with Crippen LogP contribution in [0, 0.1) is 0 Å². The van der Waals surface area contributed by atoms with E-state index in [1.54, 1.807) is 0 Å². The number of rotatable bonds is 7. The summed E-state index contributed by atoms with van der Waals surface area (Å²) in [7, 11) is 2.02. The van der Waals surface area contributed by atoms with Crippen molar-refractivity contribution in [1.82, 2.24) is 14.7 Å². The minimum absolute atomic E-state index is 0.272. The molecule has 108 valence electrons. The number of aryl methyl sites for hydroxylation is 1. The Hall–Kier alpha value is -0.870. The Bertz CT molecular complexity index is 379. The molecule has 0 bridgehead atoms. The first-order valence-corrected chi connectivity index (χ1v) is 7.64. The first-order chi connectivity index (χ1) is 9.22. The lowest BCUT2D eigenvalue weighted by molar-refractivity contribution is 0.0994. The lowest BCUT2D eigenvalue weighted by Gasteiger charge is -2.40. The van der Waals surface area contributed by atoms with Gasteiger partial charge in [-0.05, 0) is 31.9 Å². The summed E-state index contributed by atoms with van der Waals surface area (Å²) in [6.45, 7) is 5.33. The minimum Gasteiger partial charge on any atom is -0.329 e. The summed E-state index contributed by atoms with van der Waals surface area (Å²) in [5.41, 5.74) is 7.70. The third-order valence-electron chi connectivity index (χ3n) is 4.64. The van der Waals surface area contributed by atoms with Gasteiger partial charge in [0.25, 0.3) is 0 Å². The third kappa shape index (κ3) is 3.18. The average Bonchev–Trinajstić information content (AvgIpc) is 3.04. The molecule has 1 heterocycles. The van der Waals surface area contributed by atoms with E-state index in [1.807, 2.05) is 17.9 Å². The zero-order valence-electron chi connectivity index (χ0n) is 12.4. The molecule has 1 aliphatic carbocycles. The van der Waals surface area contributed by atoms with E-state index in [2.05, 4.69) is 23.0 Å². The van der Waals surface area contributed by atoms with Crippen molar-refractivity contribution in [2.75, 3.05) is 19.6 Å². The van der Waals surface area contributed by atoms with Crippen molar-refractivity contribution < 1.29 is 0 Å². The lowest BCUT2D eigenvalue weighted by Crippen LogP contribution is -2.53. The molecule has 4 nitrogen and oxygen atoms in total. The summed E-state index contributed by atoms with van der Waals surface area (Å²) in [5, 5.41) is 4.25. The van der Waals surface area contributed by atoms with Gasteiger partial charge >= 0.3 is 0 Å². The number of nitrogens with two attached hydrogens (primary N) is 1. The van der Waals surface area contributed by atoms with Crippen LogP contribution in [-0.2, 0) is 13.5 Å². The van der Waals surface area contributed by atoms with Crippen LogP contribution in [0.2, 0.25) is 0 Å². The number of hydrogen-bond donors (Lipinski definition) is 1. The second kappa shape index (κ2) is 6.53.